The van der Waals surface area contributed by atoms with Crippen molar-refractivity contribution in [2.45, 2.75) is 19.3 Å². The summed E-state index contributed by atoms with van der Waals surface area (Å²) in [7, 11) is 0. The largest absolute Gasteiger partial charge is 0.550 e. The average Bonchev–Trinajstić information content (AvgIpc) is 3.23. The maximum absolute atomic E-state index is 13.0. The summed E-state index contributed by atoms with van der Waals surface area (Å²) in [5, 5.41) is 11.5. The van der Waals surface area contributed by atoms with Crippen molar-refractivity contribution in [3.63, 3.8) is 0 Å². The van der Waals surface area contributed by atoms with Gasteiger partial charge in [0.05, 0.1) is 0 Å². The van der Waals surface area contributed by atoms with E-state index in [2.05, 4.69) is 4.90 Å². The van der Waals surface area contributed by atoms with Crippen LogP contribution >= 0.6 is 0 Å². The first kappa shape index (κ1) is 16.4. The lowest BCUT2D eigenvalue weighted by Crippen LogP contribution is -2.53. The fourth-order valence-corrected chi connectivity index (χ4v) is 5.03. The van der Waals surface area contributed by atoms with Crippen molar-refractivity contribution in [1.29, 1.82) is 0 Å². The van der Waals surface area contributed by atoms with Crippen LogP contribution in [0.25, 0.3) is 0 Å². The minimum Gasteiger partial charge on any atom is -0.550 e. The van der Waals surface area contributed by atoms with Gasteiger partial charge in [0.15, 0.2) is 0 Å². The Morgan fingerprint density at radius 3 is 2.16 bits per heavy atom. The summed E-state index contributed by atoms with van der Waals surface area (Å²) in [4.78, 5) is 28.4. The maximum atomic E-state index is 13.0. The van der Waals surface area contributed by atoms with Crippen molar-refractivity contribution >= 4 is 17.6 Å². The molecule has 0 spiro atoms. The Hall–Kier alpha value is -2.11. The Kier molecular flexibility index (Phi) is 4.13. The van der Waals surface area contributed by atoms with E-state index >= 15 is 0 Å². The topological polar surface area (TPSA) is 63.7 Å². The highest BCUT2D eigenvalue weighted by Gasteiger charge is 2.52. The van der Waals surface area contributed by atoms with E-state index in [1.807, 2.05) is 0 Å². The highest BCUT2D eigenvalue weighted by atomic mass is 19.1. The molecule has 1 aromatic rings. The molecule has 0 unspecified atom stereocenters. The molecule has 1 heterocycles. The molecule has 0 N–H and O–H groups in total. The lowest BCUT2D eigenvalue weighted by molar-refractivity contribution is -0.314. The molecule has 2 bridgehead atoms. The number of nitrogens with zero attached hydrogens (tertiary/aromatic N) is 2. The molecule has 4 rings (SSSR count). The Bertz CT molecular complexity index is 670. The van der Waals surface area contributed by atoms with Gasteiger partial charge in [0, 0.05) is 49.7 Å². The number of fused-ring (bicyclic) bond motifs is 2. The minimum absolute atomic E-state index is 0.0137. The normalized spacial score (nSPS) is 31.4. The summed E-state index contributed by atoms with van der Waals surface area (Å²) in [6.07, 6.45) is 2.72. The van der Waals surface area contributed by atoms with E-state index in [1.54, 1.807) is 17.0 Å². The van der Waals surface area contributed by atoms with Crippen LogP contribution in [0.15, 0.2) is 24.3 Å². The number of rotatable bonds is 3. The average molecular weight is 345 g/mol. The highest BCUT2D eigenvalue weighted by molar-refractivity contribution is 5.86. The second kappa shape index (κ2) is 6.32. The van der Waals surface area contributed by atoms with Crippen molar-refractivity contribution in [2.24, 2.45) is 23.7 Å². The number of carbonyl (C=O) groups is 2. The molecule has 1 saturated heterocycles. The van der Waals surface area contributed by atoms with Gasteiger partial charge in [-0.25, -0.2) is 4.39 Å². The zero-order chi connectivity index (χ0) is 17.6. The summed E-state index contributed by atoms with van der Waals surface area (Å²) in [6.45, 7) is 2.50. The van der Waals surface area contributed by atoms with Crippen LogP contribution in [0, 0.1) is 29.5 Å². The standard InChI is InChI=1S/C19H23FN2O3/c20-14-3-5-15(6-4-14)21-7-9-22(10-8-21)18(23)16-12-1-2-13(11-12)17(16)19(24)25/h3-6,12-13,16-17H,1-2,7-11H2,(H,24,25)/p-1/t12-,13+,16+,17+/m1/s1. The zero-order valence-electron chi connectivity index (χ0n) is 14.1. The molecule has 0 aromatic heterocycles. The number of benzene rings is 1. The lowest BCUT2D eigenvalue weighted by atomic mass is 9.78. The molecule has 1 amide bonds. The van der Waals surface area contributed by atoms with Gasteiger partial charge in [0.2, 0.25) is 5.91 Å². The molecular formula is C19H22FN2O3-. The summed E-state index contributed by atoms with van der Waals surface area (Å²) < 4.78 is 13.0. The highest BCUT2D eigenvalue weighted by Crippen LogP contribution is 2.52. The molecule has 25 heavy (non-hydrogen) atoms. The van der Waals surface area contributed by atoms with E-state index in [1.165, 1.54) is 12.1 Å². The molecule has 4 atom stereocenters. The summed E-state index contributed by atoms with van der Waals surface area (Å²) in [5.74, 6) is -2.03. The van der Waals surface area contributed by atoms with E-state index in [9.17, 15) is 19.1 Å². The van der Waals surface area contributed by atoms with Gasteiger partial charge >= 0.3 is 0 Å². The van der Waals surface area contributed by atoms with Crippen LogP contribution in [0.1, 0.15) is 19.3 Å². The summed E-state index contributed by atoms with van der Waals surface area (Å²) in [6, 6.07) is 6.36. The van der Waals surface area contributed by atoms with Crippen molar-refractivity contribution in [3.05, 3.63) is 30.1 Å². The van der Waals surface area contributed by atoms with Crippen LogP contribution < -0.4 is 10.0 Å². The van der Waals surface area contributed by atoms with Crippen LogP contribution in [0.3, 0.4) is 0 Å². The van der Waals surface area contributed by atoms with E-state index in [-0.39, 0.29) is 23.6 Å². The summed E-state index contributed by atoms with van der Waals surface area (Å²) >= 11 is 0. The van der Waals surface area contributed by atoms with E-state index in [0.29, 0.717) is 26.2 Å². The quantitative estimate of drug-likeness (QED) is 0.816. The Morgan fingerprint density at radius 2 is 1.56 bits per heavy atom. The number of carbonyl (C=O) groups excluding carboxylic acids is 2. The number of hydrogen-bond acceptors (Lipinski definition) is 4. The molecule has 5 nitrogen and oxygen atoms in total. The monoisotopic (exact) mass is 345 g/mol. The first-order valence-electron chi connectivity index (χ1n) is 9.05. The summed E-state index contributed by atoms with van der Waals surface area (Å²) in [5.41, 5.74) is 0.945. The van der Waals surface area contributed by atoms with E-state index < -0.39 is 17.8 Å². The van der Waals surface area contributed by atoms with Crippen molar-refractivity contribution < 1.29 is 19.1 Å². The van der Waals surface area contributed by atoms with E-state index in [0.717, 1.165) is 24.9 Å². The van der Waals surface area contributed by atoms with Crippen molar-refractivity contribution in [1.82, 2.24) is 4.90 Å². The number of carboxylic acid groups (broad SMARTS) is 1. The Labute approximate surface area is 146 Å². The second-order valence-electron chi connectivity index (χ2n) is 7.49. The van der Waals surface area contributed by atoms with Crippen LogP contribution in [0.2, 0.25) is 0 Å². The van der Waals surface area contributed by atoms with Crippen LogP contribution in [0.5, 0.6) is 0 Å². The molecular weight excluding hydrogens is 323 g/mol. The number of anilines is 1. The molecule has 3 aliphatic rings. The number of piperazine rings is 1. The predicted molar refractivity (Wildman–Crippen MR) is 88.0 cm³/mol. The molecule has 1 aromatic carbocycles. The van der Waals surface area contributed by atoms with Gasteiger partial charge in [0.1, 0.15) is 5.82 Å². The number of halogens is 1. The van der Waals surface area contributed by atoms with Crippen LogP contribution in [-0.2, 0) is 9.59 Å². The third-order valence-corrected chi connectivity index (χ3v) is 6.26. The number of carboxylic acids is 1. The Morgan fingerprint density at radius 1 is 0.960 bits per heavy atom. The first-order valence-corrected chi connectivity index (χ1v) is 9.05. The molecule has 6 heteroatoms. The number of amides is 1. The van der Waals surface area contributed by atoms with Gasteiger partial charge in [-0.2, -0.15) is 0 Å². The van der Waals surface area contributed by atoms with Gasteiger partial charge in [-0.1, -0.05) is 0 Å². The number of hydrogen-bond donors (Lipinski definition) is 0. The van der Waals surface area contributed by atoms with Gasteiger partial charge in [0.25, 0.3) is 0 Å². The van der Waals surface area contributed by atoms with Gasteiger partial charge in [-0.3, -0.25) is 4.79 Å². The SMILES string of the molecule is O=C([O-])[C@H]1[C@H]2CC[C@H](C2)[C@@H]1C(=O)N1CCN(c2ccc(F)cc2)CC1. The van der Waals surface area contributed by atoms with Crippen LogP contribution in [0.4, 0.5) is 10.1 Å². The second-order valence-corrected chi connectivity index (χ2v) is 7.49. The maximum Gasteiger partial charge on any atom is 0.226 e. The molecule has 2 saturated carbocycles. The molecule has 0 radical (unpaired) electrons. The molecule has 1 aliphatic heterocycles. The predicted octanol–water partition coefficient (Wildman–Crippen LogP) is 0.886. The first-order chi connectivity index (χ1) is 12.0. The zero-order valence-corrected chi connectivity index (χ0v) is 14.1. The number of aliphatic carboxylic acids is 1. The lowest BCUT2D eigenvalue weighted by Gasteiger charge is -2.40. The van der Waals surface area contributed by atoms with E-state index in [4.69, 9.17) is 0 Å². The molecule has 3 fully saturated rings. The van der Waals surface area contributed by atoms with Crippen molar-refractivity contribution in [2.75, 3.05) is 31.1 Å². The minimum atomic E-state index is -1.06. The Balaban J connectivity index is 1.41. The third kappa shape index (κ3) is 2.87. The fraction of sp³-hybridized carbons (Fsp3) is 0.579. The molecule has 134 valence electrons. The fourth-order valence-electron chi connectivity index (χ4n) is 5.03. The van der Waals surface area contributed by atoms with Gasteiger partial charge < -0.3 is 19.7 Å². The smallest absolute Gasteiger partial charge is 0.226 e. The van der Waals surface area contributed by atoms with Gasteiger partial charge in [-0.15, -0.1) is 0 Å². The van der Waals surface area contributed by atoms with Gasteiger partial charge in [-0.05, 0) is 55.4 Å². The molecule has 2 aliphatic carbocycles. The van der Waals surface area contributed by atoms with Crippen LogP contribution in [-0.4, -0.2) is 43.0 Å². The third-order valence-electron chi connectivity index (χ3n) is 6.26. The van der Waals surface area contributed by atoms with Crippen molar-refractivity contribution in [3.8, 4) is 0 Å².